The Morgan fingerprint density at radius 2 is 2.03 bits per heavy atom. The van der Waals surface area contributed by atoms with Gasteiger partial charge in [0, 0.05) is 29.5 Å². The molecule has 0 saturated heterocycles. The van der Waals surface area contributed by atoms with Crippen molar-refractivity contribution < 1.29 is 9.53 Å². The van der Waals surface area contributed by atoms with Gasteiger partial charge in [-0.3, -0.25) is 9.69 Å². The van der Waals surface area contributed by atoms with Crippen LogP contribution in [0.5, 0.6) is 5.75 Å². The maximum atomic E-state index is 12.8. The van der Waals surface area contributed by atoms with Crippen LogP contribution in [0, 0.1) is 13.8 Å². The molecule has 4 aromatic rings. The number of nitrogens with one attached hydrogen (secondary N) is 2. The number of para-hydroxylation sites is 1. The van der Waals surface area contributed by atoms with Crippen molar-refractivity contribution in [3.05, 3.63) is 81.4 Å². The second-order valence-corrected chi connectivity index (χ2v) is 9.26. The Bertz CT molecular complexity index is 1230. The minimum absolute atomic E-state index is 0.102. The lowest BCUT2D eigenvalue weighted by molar-refractivity contribution is 0.0933. The molecule has 2 aromatic carbocycles. The minimum Gasteiger partial charge on any atom is -0.489 e. The van der Waals surface area contributed by atoms with E-state index in [-0.39, 0.29) is 12.0 Å². The fraction of sp³-hybridized carbons (Fsp3) is 0.308. The van der Waals surface area contributed by atoms with Crippen LogP contribution in [0.3, 0.4) is 0 Å². The number of carbonyl (C=O) groups is 1. The molecule has 1 amide bonds. The molecule has 6 nitrogen and oxygen atoms in total. The average molecular weight is 463 g/mol. The number of fused-ring (bicyclic) bond motifs is 1. The van der Waals surface area contributed by atoms with Gasteiger partial charge in [0.15, 0.2) is 0 Å². The van der Waals surface area contributed by atoms with Crippen molar-refractivity contribution in [2.24, 2.45) is 0 Å². The van der Waals surface area contributed by atoms with Crippen molar-refractivity contribution in [1.82, 2.24) is 20.2 Å². The Morgan fingerprint density at radius 1 is 1.21 bits per heavy atom. The number of H-pyrrole nitrogens is 1. The molecule has 2 aromatic heterocycles. The van der Waals surface area contributed by atoms with Gasteiger partial charge in [-0.05, 0) is 57.1 Å². The molecule has 0 bridgehead atoms. The zero-order valence-electron chi connectivity index (χ0n) is 19.5. The van der Waals surface area contributed by atoms with Crippen LogP contribution >= 0.6 is 11.3 Å². The number of hydrogen-bond acceptors (Lipinski definition) is 5. The van der Waals surface area contributed by atoms with Crippen LogP contribution in [0.15, 0.2) is 53.4 Å². The minimum atomic E-state index is -0.164. The lowest BCUT2D eigenvalue weighted by atomic mass is 10.1. The molecular formula is C26H30N4O2S. The Hall–Kier alpha value is -3.16. The van der Waals surface area contributed by atoms with Crippen LogP contribution in [0.25, 0.3) is 10.9 Å². The van der Waals surface area contributed by atoms with Gasteiger partial charge in [0.25, 0.3) is 5.91 Å². The van der Waals surface area contributed by atoms with E-state index in [0.717, 1.165) is 41.1 Å². The number of amides is 1. The van der Waals surface area contributed by atoms with E-state index in [9.17, 15) is 4.79 Å². The fourth-order valence-electron chi connectivity index (χ4n) is 3.95. The Kier molecular flexibility index (Phi) is 7.11. The van der Waals surface area contributed by atoms with Gasteiger partial charge in [-0.2, -0.15) is 0 Å². The Balaban J connectivity index is 1.33. The molecule has 7 heteroatoms. The second-order valence-electron chi connectivity index (χ2n) is 8.54. The van der Waals surface area contributed by atoms with Crippen molar-refractivity contribution in [3.63, 3.8) is 0 Å². The number of carbonyl (C=O) groups excluding carboxylic acids is 1. The highest BCUT2D eigenvalue weighted by atomic mass is 32.1. The summed E-state index contributed by atoms with van der Waals surface area (Å²) in [7, 11) is 2.08. The van der Waals surface area contributed by atoms with E-state index in [1.807, 2.05) is 49.7 Å². The molecule has 33 heavy (non-hydrogen) atoms. The van der Waals surface area contributed by atoms with E-state index >= 15 is 0 Å². The molecular weight excluding hydrogens is 432 g/mol. The van der Waals surface area contributed by atoms with E-state index in [1.165, 1.54) is 11.1 Å². The van der Waals surface area contributed by atoms with Gasteiger partial charge in [-0.1, -0.05) is 24.3 Å². The van der Waals surface area contributed by atoms with Crippen molar-refractivity contribution in [2.45, 2.75) is 40.0 Å². The standard InChI is InChI=1S/C26H30N4O2S/c1-17(12-27-26(31)24-10-6-9-23-18(2)19(3)29-25(23)24)32-22-8-5-7-20(11-22)13-30(4)14-21-15-33-16-28-21/h5-11,15-17,29H,12-14H2,1-4H3,(H,27,31). The molecule has 4 rings (SSSR count). The third-order valence-electron chi connectivity index (χ3n) is 5.74. The number of aromatic nitrogens is 2. The molecule has 172 valence electrons. The highest BCUT2D eigenvalue weighted by Crippen LogP contribution is 2.24. The van der Waals surface area contributed by atoms with E-state index in [0.29, 0.717) is 12.1 Å². The van der Waals surface area contributed by atoms with Crippen LogP contribution in [-0.2, 0) is 13.1 Å². The van der Waals surface area contributed by atoms with Gasteiger partial charge in [0.1, 0.15) is 11.9 Å². The average Bonchev–Trinajstić information content (AvgIpc) is 3.40. The predicted octanol–water partition coefficient (Wildman–Crippen LogP) is 5.07. The highest BCUT2D eigenvalue weighted by Gasteiger charge is 2.15. The number of hydrogen-bond donors (Lipinski definition) is 2. The maximum absolute atomic E-state index is 12.8. The van der Waals surface area contributed by atoms with E-state index < -0.39 is 0 Å². The number of aromatic amines is 1. The molecule has 1 unspecified atom stereocenters. The molecule has 0 aliphatic heterocycles. The van der Waals surface area contributed by atoms with Crippen molar-refractivity contribution in [1.29, 1.82) is 0 Å². The van der Waals surface area contributed by atoms with Crippen LogP contribution in [0.4, 0.5) is 0 Å². The zero-order chi connectivity index (χ0) is 23.4. The van der Waals surface area contributed by atoms with Gasteiger partial charge < -0.3 is 15.0 Å². The Morgan fingerprint density at radius 3 is 2.82 bits per heavy atom. The summed E-state index contributed by atoms with van der Waals surface area (Å²) in [5.41, 5.74) is 7.91. The largest absolute Gasteiger partial charge is 0.489 e. The lowest BCUT2D eigenvalue weighted by Crippen LogP contribution is -2.33. The summed E-state index contributed by atoms with van der Waals surface area (Å²) in [6.45, 7) is 8.09. The van der Waals surface area contributed by atoms with Gasteiger partial charge in [-0.25, -0.2) is 4.98 Å². The molecule has 0 spiro atoms. The molecule has 0 aliphatic carbocycles. The molecule has 2 heterocycles. The van der Waals surface area contributed by atoms with Crippen LogP contribution in [0.1, 0.15) is 39.8 Å². The monoisotopic (exact) mass is 462 g/mol. The summed E-state index contributed by atoms with van der Waals surface area (Å²) >= 11 is 1.61. The predicted molar refractivity (Wildman–Crippen MR) is 134 cm³/mol. The summed E-state index contributed by atoms with van der Waals surface area (Å²) in [5, 5.41) is 6.17. The first-order valence-electron chi connectivity index (χ1n) is 11.1. The van der Waals surface area contributed by atoms with E-state index in [1.54, 1.807) is 11.3 Å². The number of benzene rings is 2. The topological polar surface area (TPSA) is 70.2 Å². The van der Waals surface area contributed by atoms with Crippen LogP contribution in [0.2, 0.25) is 0 Å². The normalized spacial score (nSPS) is 12.3. The number of aryl methyl sites for hydroxylation is 2. The van der Waals surface area contributed by atoms with Gasteiger partial charge in [0.05, 0.1) is 28.8 Å². The highest BCUT2D eigenvalue weighted by molar-refractivity contribution is 7.07. The van der Waals surface area contributed by atoms with Gasteiger partial charge in [0.2, 0.25) is 0 Å². The molecule has 0 radical (unpaired) electrons. The third-order valence-corrected chi connectivity index (χ3v) is 6.38. The molecule has 0 aliphatic rings. The smallest absolute Gasteiger partial charge is 0.253 e. The molecule has 1 atom stereocenters. The van der Waals surface area contributed by atoms with Crippen LogP contribution < -0.4 is 10.1 Å². The summed E-state index contributed by atoms with van der Waals surface area (Å²) in [4.78, 5) is 22.8. The van der Waals surface area contributed by atoms with Crippen molar-refractivity contribution in [2.75, 3.05) is 13.6 Å². The van der Waals surface area contributed by atoms with Gasteiger partial charge in [-0.15, -0.1) is 11.3 Å². The summed E-state index contributed by atoms with van der Waals surface area (Å²) in [6.07, 6.45) is -0.164. The fourth-order valence-corrected chi connectivity index (χ4v) is 4.50. The van der Waals surface area contributed by atoms with E-state index in [4.69, 9.17) is 4.74 Å². The second kappa shape index (κ2) is 10.2. The molecule has 0 fully saturated rings. The summed E-state index contributed by atoms with van der Waals surface area (Å²) in [5.74, 6) is 0.698. The summed E-state index contributed by atoms with van der Waals surface area (Å²) < 4.78 is 6.09. The summed E-state index contributed by atoms with van der Waals surface area (Å²) in [6, 6.07) is 13.9. The number of nitrogens with zero attached hydrogens (tertiary/aromatic N) is 2. The van der Waals surface area contributed by atoms with Crippen molar-refractivity contribution >= 4 is 28.1 Å². The van der Waals surface area contributed by atoms with Crippen LogP contribution in [-0.4, -0.2) is 40.5 Å². The molecule has 2 N–H and O–H groups in total. The number of ether oxygens (including phenoxy) is 1. The first-order valence-corrected chi connectivity index (χ1v) is 12.0. The Labute approximate surface area is 198 Å². The van der Waals surface area contributed by atoms with Crippen molar-refractivity contribution in [3.8, 4) is 5.75 Å². The zero-order valence-corrected chi connectivity index (χ0v) is 20.3. The third kappa shape index (κ3) is 5.61. The lowest BCUT2D eigenvalue weighted by Gasteiger charge is -2.18. The molecule has 0 saturated carbocycles. The first-order chi connectivity index (χ1) is 15.9. The van der Waals surface area contributed by atoms with E-state index in [2.05, 4.69) is 51.7 Å². The first kappa shape index (κ1) is 23.0. The number of rotatable bonds is 9. The van der Waals surface area contributed by atoms with Gasteiger partial charge >= 0.3 is 0 Å². The number of thiazole rings is 1. The SMILES string of the molecule is Cc1[nH]c2c(C(=O)NCC(C)Oc3cccc(CN(C)Cc4cscn4)c3)cccc2c1C. The quantitative estimate of drug-likeness (QED) is 0.364. The maximum Gasteiger partial charge on any atom is 0.253 e.